The van der Waals surface area contributed by atoms with Crippen molar-refractivity contribution in [1.82, 2.24) is 0 Å². The molecule has 0 aromatic carbocycles. The Kier molecular flexibility index (Phi) is 7.30. The van der Waals surface area contributed by atoms with Gasteiger partial charge in [-0.2, -0.15) is 0 Å². The maximum atomic E-state index is 2.45. The Hall–Kier alpha value is 0.860. The third kappa shape index (κ3) is 3.79. The van der Waals surface area contributed by atoms with Gasteiger partial charge in [-0.25, -0.2) is 0 Å². The lowest BCUT2D eigenvalue weighted by Crippen LogP contribution is -2.12. The summed E-state index contributed by atoms with van der Waals surface area (Å²) in [5.41, 5.74) is 4.53. The lowest BCUT2D eigenvalue weighted by atomic mass is 10.1. The van der Waals surface area contributed by atoms with Crippen molar-refractivity contribution in [2.75, 3.05) is 12.3 Å². The molecule has 2 heteroatoms. The summed E-state index contributed by atoms with van der Waals surface area (Å²) in [5.74, 6) is 0. The van der Waals surface area contributed by atoms with Gasteiger partial charge in [0.05, 0.1) is 0 Å². The summed E-state index contributed by atoms with van der Waals surface area (Å²) >= 11 is 0. The van der Waals surface area contributed by atoms with Crippen molar-refractivity contribution in [3.05, 3.63) is 0 Å². The molecule has 0 nitrogen and oxygen atoms in total. The predicted octanol–water partition coefficient (Wildman–Crippen LogP) is 6.65. The van der Waals surface area contributed by atoms with Crippen LogP contribution in [0.2, 0.25) is 0 Å². The van der Waals surface area contributed by atoms with Crippen LogP contribution < -0.4 is 0 Å². The van der Waals surface area contributed by atoms with Crippen LogP contribution in [-0.4, -0.2) is 35.0 Å². The molecule has 2 aliphatic rings. The van der Waals surface area contributed by atoms with E-state index >= 15 is 0 Å². The van der Waals surface area contributed by atoms with Gasteiger partial charge in [-0.15, -0.1) is 15.8 Å². The van der Waals surface area contributed by atoms with Crippen LogP contribution in [0.3, 0.4) is 0 Å². The third-order valence-corrected chi connectivity index (χ3v) is 14.1. The number of rotatable bonds is 7. The van der Waals surface area contributed by atoms with E-state index in [9.17, 15) is 0 Å². The van der Waals surface area contributed by atoms with Crippen LogP contribution in [0.5, 0.6) is 0 Å². The van der Waals surface area contributed by atoms with Gasteiger partial charge in [-0.3, -0.25) is 0 Å². The van der Waals surface area contributed by atoms with E-state index < -0.39 is 0 Å². The van der Waals surface area contributed by atoms with Crippen LogP contribution in [0.1, 0.15) is 79.1 Å². The van der Waals surface area contributed by atoms with E-state index in [1.807, 2.05) is 0 Å². The van der Waals surface area contributed by atoms with Crippen molar-refractivity contribution < 1.29 is 0 Å². The first kappa shape index (κ1) is 17.2. The molecule has 2 aliphatic heterocycles. The molecular formula is C18H36P2. The van der Waals surface area contributed by atoms with E-state index in [1.165, 1.54) is 25.7 Å². The lowest BCUT2D eigenvalue weighted by Gasteiger charge is -2.30. The van der Waals surface area contributed by atoms with Gasteiger partial charge in [0.15, 0.2) is 0 Å². The Morgan fingerprint density at radius 3 is 1.00 bits per heavy atom. The highest BCUT2D eigenvalue weighted by Crippen LogP contribution is 2.63. The van der Waals surface area contributed by atoms with Gasteiger partial charge in [0.1, 0.15) is 0 Å². The highest BCUT2D eigenvalue weighted by atomic mass is 31.1. The standard InChI is InChI=1S/C18H36P2/c1-5-15-9-10-16(6-2)19(15)13-14-20-17(7-3)11-12-18(20)8-4/h15-18H,5-14H2,1-4H3/t15-,16-,17-,18+,20?/m1/s1. The van der Waals surface area contributed by atoms with E-state index in [0.29, 0.717) is 15.8 Å². The van der Waals surface area contributed by atoms with E-state index in [-0.39, 0.29) is 0 Å². The van der Waals surface area contributed by atoms with E-state index in [1.54, 1.807) is 38.0 Å². The molecule has 0 aromatic rings. The molecule has 2 saturated heterocycles. The Morgan fingerprint density at radius 1 is 0.550 bits per heavy atom. The Balaban J connectivity index is 1.91. The molecule has 0 amide bonds. The van der Waals surface area contributed by atoms with Gasteiger partial charge >= 0.3 is 0 Å². The maximum absolute atomic E-state index is 2.45. The third-order valence-electron chi connectivity index (χ3n) is 6.04. The van der Waals surface area contributed by atoms with Crippen LogP contribution >= 0.6 is 15.8 Å². The highest BCUT2D eigenvalue weighted by Gasteiger charge is 2.37. The summed E-state index contributed by atoms with van der Waals surface area (Å²) in [4.78, 5) is 0. The number of hydrogen-bond donors (Lipinski definition) is 0. The van der Waals surface area contributed by atoms with Gasteiger partial charge in [0.25, 0.3) is 0 Å². The summed E-state index contributed by atoms with van der Waals surface area (Å²) in [7, 11) is 0.759. The molecule has 0 saturated carbocycles. The average molecular weight is 314 g/mol. The van der Waals surface area contributed by atoms with Crippen LogP contribution in [0, 0.1) is 0 Å². The van der Waals surface area contributed by atoms with Crippen molar-refractivity contribution in [2.45, 2.75) is 102 Å². The minimum absolute atomic E-state index is 0.380. The molecule has 118 valence electrons. The lowest BCUT2D eigenvalue weighted by molar-refractivity contribution is 0.696. The molecule has 2 heterocycles. The minimum atomic E-state index is 0.380. The highest BCUT2D eigenvalue weighted by molar-refractivity contribution is 7.63. The van der Waals surface area contributed by atoms with Crippen molar-refractivity contribution in [1.29, 1.82) is 0 Å². The second-order valence-electron chi connectivity index (χ2n) is 6.88. The summed E-state index contributed by atoms with van der Waals surface area (Å²) in [6.45, 7) is 9.79. The fourth-order valence-corrected chi connectivity index (χ4v) is 13.0. The van der Waals surface area contributed by atoms with E-state index in [2.05, 4.69) is 27.7 Å². The zero-order valence-electron chi connectivity index (χ0n) is 14.3. The SMILES string of the molecule is CC[C@@H]1CC[C@@H](CC)P1CCP1[C@H](CC)CC[C@@H]1CC. The monoisotopic (exact) mass is 314 g/mol. The van der Waals surface area contributed by atoms with E-state index in [4.69, 9.17) is 0 Å². The van der Waals surface area contributed by atoms with Gasteiger partial charge in [0.2, 0.25) is 0 Å². The van der Waals surface area contributed by atoms with E-state index in [0.717, 1.165) is 22.6 Å². The molecule has 2 fully saturated rings. The van der Waals surface area contributed by atoms with Crippen LogP contribution in [0.25, 0.3) is 0 Å². The topological polar surface area (TPSA) is 0 Å². The molecule has 0 aliphatic carbocycles. The Bertz CT molecular complexity index is 227. The summed E-state index contributed by atoms with van der Waals surface area (Å²) in [6, 6.07) is 0. The van der Waals surface area contributed by atoms with Crippen molar-refractivity contribution in [3.8, 4) is 0 Å². The molecule has 0 aromatic heterocycles. The second-order valence-corrected chi connectivity index (χ2v) is 12.8. The first-order valence-corrected chi connectivity index (χ1v) is 12.6. The summed E-state index contributed by atoms with van der Waals surface area (Å²) in [5, 5.41) is 0. The summed E-state index contributed by atoms with van der Waals surface area (Å²) in [6.07, 6.45) is 15.4. The Labute approximate surface area is 130 Å². The zero-order valence-corrected chi connectivity index (χ0v) is 16.1. The molecule has 1 unspecified atom stereocenters. The molecule has 0 spiro atoms. The van der Waals surface area contributed by atoms with Gasteiger partial charge in [-0.1, -0.05) is 27.7 Å². The van der Waals surface area contributed by atoms with Gasteiger partial charge in [-0.05, 0) is 86.3 Å². The quantitative estimate of drug-likeness (QED) is 0.461. The molecule has 20 heavy (non-hydrogen) atoms. The molecule has 0 bridgehead atoms. The summed E-state index contributed by atoms with van der Waals surface area (Å²) < 4.78 is 0. The first-order valence-electron chi connectivity index (χ1n) is 9.26. The normalized spacial score (nSPS) is 38.7. The number of hydrogen-bond acceptors (Lipinski definition) is 0. The second kappa shape index (κ2) is 8.48. The average Bonchev–Trinajstić information content (AvgIpc) is 3.07. The van der Waals surface area contributed by atoms with Gasteiger partial charge < -0.3 is 0 Å². The maximum Gasteiger partial charge on any atom is -0.0209 e. The van der Waals surface area contributed by atoms with Gasteiger partial charge in [0, 0.05) is 0 Å². The predicted molar refractivity (Wildman–Crippen MR) is 98.4 cm³/mol. The zero-order chi connectivity index (χ0) is 14.5. The molecule has 0 N–H and O–H groups in total. The van der Waals surface area contributed by atoms with Crippen LogP contribution in [0.15, 0.2) is 0 Å². The molecule has 0 radical (unpaired) electrons. The smallest absolute Gasteiger partial charge is 0.0209 e. The van der Waals surface area contributed by atoms with Crippen molar-refractivity contribution >= 4 is 15.8 Å². The largest absolute Gasteiger partial charge is 0.100 e. The Morgan fingerprint density at radius 2 is 0.800 bits per heavy atom. The molecule has 2 rings (SSSR count). The minimum Gasteiger partial charge on any atom is -0.100 e. The fourth-order valence-electron chi connectivity index (χ4n) is 4.74. The fraction of sp³-hybridized carbons (Fsp3) is 1.00. The first-order chi connectivity index (χ1) is 9.74. The van der Waals surface area contributed by atoms with Crippen LogP contribution in [0.4, 0.5) is 0 Å². The van der Waals surface area contributed by atoms with Crippen molar-refractivity contribution in [2.24, 2.45) is 0 Å². The van der Waals surface area contributed by atoms with Crippen LogP contribution in [-0.2, 0) is 0 Å². The molecule has 5 atom stereocenters. The molecular weight excluding hydrogens is 278 g/mol. The van der Waals surface area contributed by atoms with Crippen molar-refractivity contribution in [3.63, 3.8) is 0 Å².